The molecule has 8 heteroatoms. The van der Waals surface area contributed by atoms with Gasteiger partial charge >= 0.3 is 6.18 Å². The fraction of sp³-hybridized carbons (Fsp3) is 0.500. The zero-order chi connectivity index (χ0) is 17.5. The molecule has 1 fully saturated rings. The quantitative estimate of drug-likeness (QED) is 0.784. The third kappa shape index (κ3) is 3.15. The van der Waals surface area contributed by atoms with Gasteiger partial charge in [-0.3, -0.25) is 0 Å². The molecule has 0 unspecified atom stereocenters. The van der Waals surface area contributed by atoms with E-state index >= 15 is 0 Å². The molecule has 1 saturated heterocycles. The highest BCUT2D eigenvalue weighted by Crippen LogP contribution is 2.33. The average Bonchev–Trinajstić information content (AvgIpc) is 2.53. The van der Waals surface area contributed by atoms with Crippen molar-refractivity contribution in [1.29, 1.82) is 0 Å². The highest BCUT2D eigenvalue weighted by atomic mass is 19.4. The van der Waals surface area contributed by atoms with E-state index in [0.717, 1.165) is 32.0 Å². The molecule has 2 heterocycles. The molecular formula is C16H18F4N4. The lowest BCUT2D eigenvalue weighted by Gasteiger charge is -2.36. The van der Waals surface area contributed by atoms with Crippen LogP contribution in [0.2, 0.25) is 0 Å². The van der Waals surface area contributed by atoms with Crippen molar-refractivity contribution < 1.29 is 17.6 Å². The Hall–Kier alpha value is -1.96. The zero-order valence-electron chi connectivity index (χ0n) is 13.4. The third-order valence-electron chi connectivity index (χ3n) is 4.48. The maximum absolute atomic E-state index is 14.0. The predicted octanol–water partition coefficient (Wildman–Crippen LogP) is 3.32. The summed E-state index contributed by atoms with van der Waals surface area (Å²) in [7, 11) is 3.72. The molecule has 1 aromatic carbocycles. The highest BCUT2D eigenvalue weighted by Gasteiger charge is 2.36. The molecule has 1 aliphatic heterocycles. The lowest BCUT2D eigenvalue weighted by molar-refractivity contribution is -0.144. The summed E-state index contributed by atoms with van der Waals surface area (Å²) < 4.78 is 53.3. The van der Waals surface area contributed by atoms with Crippen molar-refractivity contribution in [2.45, 2.75) is 25.1 Å². The second-order valence-corrected chi connectivity index (χ2v) is 6.15. The maximum atomic E-state index is 14.0. The van der Waals surface area contributed by atoms with Gasteiger partial charge in [0.25, 0.3) is 0 Å². The minimum Gasteiger partial charge on any atom is -0.356 e. The van der Waals surface area contributed by atoms with Gasteiger partial charge in [0, 0.05) is 18.5 Å². The van der Waals surface area contributed by atoms with E-state index in [-0.39, 0.29) is 17.4 Å². The molecule has 0 amide bonds. The first-order valence-corrected chi connectivity index (χ1v) is 7.72. The van der Waals surface area contributed by atoms with Gasteiger partial charge in [0.1, 0.15) is 17.2 Å². The Bertz CT molecular complexity index is 739. The van der Waals surface area contributed by atoms with Crippen LogP contribution in [-0.4, -0.2) is 48.1 Å². The molecule has 4 nitrogen and oxygen atoms in total. The fourth-order valence-electron chi connectivity index (χ4n) is 3.05. The van der Waals surface area contributed by atoms with E-state index in [1.165, 1.54) is 6.07 Å². The largest absolute Gasteiger partial charge is 0.451 e. The van der Waals surface area contributed by atoms with E-state index in [1.807, 2.05) is 7.05 Å². The zero-order valence-corrected chi connectivity index (χ0v) is 13.4. The molecule has 2 aromatic rings. The van der Waals surface area contributed by atoms with E-state index in [4.69, 9.17) is 0 Å². The van der Waals surface area contributed by atoms with Crippen LogP contribution in [0, 0.1) is 5.82 Å². The van der Waals surface area contributed by atoms with Gasteiger partial charge in [0.05, 0.1) is 0 Å². The number of anilines is 1. The van der Waals surface area contributed by atoms with Crippen LogP contribution >= 0.6 is 0 Å². The van der Waals surface area contributed by atoms with E-state index in [2.05, 4.69) is 14.9 Å². The lowest BCUT2D eigenvalue weighted by atomic mass is 10.0. The SMILES string of the molecule is CN1CCC(N(C)c2nc(C(F)(F)F)nc3c(F)cccc23)CC1. The monoisotopic (exact) mass is 342 g/mol. The Morgan fingerprint density at radius 2 is 1.83 bits per heavy atom. The molecule has 0 radical (unpaired) electrons. The van der Waals surface area contributed by atoms with Crippen molar-refractivity contribution in [3.63, 3.8) is 0 Å². The van der Waals surface area contributed by atoms with Gasteiger partial charge in [-0.05, 0) is 45.1 Å². The molecule has 0 bridgehead atoms. The summed E-state index contributed by atoms with van der Waals surface area (Å²) in [6.45, 7) is 1.72. The number of benzene rings is 1. The van der Waals surface area contributed by atoms with Crippen molar-refractivity contribution >= 4 is 16.7 Å². The van der Waals surface area contributed by atoms with Crippen molar-refractivity contribution in [3.05, 3.63) is 29.8 Å². The Kier molecular flexibility index (Phi) is 4.33. The number of piperidine rings is 1. The summed E-state index contributed by atoms with van der Waals surface area (Å²) in [6, 6.07) is 4.18. The average molecular weight is 342 g/mol. The minimum atomic E-state index is -4.72. The summed E-state index contributed by atoms with van der Waals surface area (Å²) in [6.07, 6.45) is -3.09. The number of rotatable bonds is 2. The molecule has 130 valence electrons. The molecule has 0 N–H and O–H groups in total. The van der Waals surface area contributed by atoms with E-state index in [0.29, 0.717) is 5.39 Å². The molecule has 3 rings (SSSR count). The summed E-state index contributed by atoms with van der Waals surface area (Å²) in [4.78, 5) is 11.0. The standard InChI is InChI=1S/C16H18F4N4/c1-23-8-6-10(7-9-23)24(2)14-11-4-3-5-12(17)13(11)21-15(22-14)16(18,19)20/h3-5,10H,6-9H2,1-2H3. The molecule has 1 aliphatic rings. The number of hydrogen-bond donors (Lipinski definition) is 0. The van der Waals surface area contributed by atoms with Crippen LogP contribution < -0.4 is 4.90 Å². The van der Waals surface area contributed by atoms with E-state index < -0.39 is 17.8 Å². The number of halogens is 4. The van der Waals surface area contributed by atoms with Crippen molar-refractivity contribution in [2.24, 2.45) is 0 Å². The molecule has 0 saturated carbocycles. The first kappa shape index (κ1) is 16.9. The fourth-order valence-corrected chi connectivity index (χ4v) is 3.05. The summed E-state index contributed by atoms with van der Waals surface area (Å²) in [5.74, 6) is -1.96. The number of hydrogen-bond acceptors (Lipinski definition) is 4. The van der Waals surface area contributed by atoms with Crippen LogP contribution in [0.1, 0.15) is 18.7 Å². The number of aromatic nitrogens is 2. The number of alkyl halides is 3. The van der Waals surface area contributed by atoms with Crippen LogP contribution in [0.3, 0.4) is 0 Å². The minimum absolute atomic E-state index is 0.0589. The van der Waals surface area contributed by atoms with Gasteiger partial charge in [-0.2, -0.15) is 13.2 Å². The van der Waals surface area contributed by atoms with Crippen LogP contribution in [-0.2, 0) is 6.18 Å². The van der Waals surface area contributed by atoms with Gasteiger partial charge < -0.3 is 9.80 Å². The maximum Gasteiger partial charge on any atom is 0.451 e. The van der Waals surface area contributed by atoms with Gasteiger partial charge in [-0.1, -0.05) is 6.07 Å². The second kappa shape index (κ2) is 6.16. The molecule has 0 aliphatic carbocycles. The Morgan fingerprint density at radius 3 is 2.46 bits per heavy atom. The number of nitrogens with zero attached hydrogens (tertiary/aromatic N) is 4. The Morgan fingerprint density at radius 1 is 1.17 bits per heavy atom. The van der Waals surface area contributed by atoms with Crippen LogP contribution in [0.15, 0.2) is 18.2 Å². The molecule has 1 aromatic heterocycles. The second-order valence-electron chi connectivity index (χ2n) is 6.15. The normalized spacial score (nSPS) is 17.4. The predicted molar refractivity (Wildman–Crippen MR) is 83.4 cm³/mol. The summed E-state index contributed by atoms with van der Waals surface area (Å²) in [5, 5.41) is 0.296. The molecule has 24 heavy (non-hydrogen) atoms. The Balaban J connectivity index is 2.10. The van der Waals surface area contributed by atoms with Crippen molar-refractivity contribution in [3.8, 4) is 0 Å². The van der Waals surface area contributed by atoms with Gasteiger partial charge in [0.2, 0.25) is 5.82 Å². The van der Waals surface area contributed by atoms with Crippen molar-refractivity contribution in [2.75, 3.05) is 32.1 Å². The number of fused-ring (bicyclic) bond motifs is 1. The summed E-state index contributed by atoms with van der Waals surface area (Å²) >= 11 is 0. The van der Waals surface area contributed by atoms with Crippen LogP contribution in [0.25, 0.3) is 10.9 Å². The van der Waals surface area contributed by atoms with Crippen LogP contribution in [0.5, 0.6) is 0 Å². The van der Waals surface area contributed by atoms with E-state index in [1.54, 1.807) is 18.0 Å². The van der Waals surface area contributed by atoms with Gasteiger partial charge in [-0.15, -0.1) is 0 Å². The topological polar surface area (TPSA) is 32.3 Å². The first-order valence-electron chi connectivity index (χ1n) is 7.72. The Labute approximate surface area is 137 Å². The van der Waals surface area contributed by atoms with Gasteiger partial charge in [-0.25, -0.2) is 14.4 Å². The first-order chi connectivity index (χ1) is 11.3. The third-order valence-corrected chi connectivity index (χ3v) is 4.48. The lowest BCUT2D eigenvalue weighted by Crippen LogP contribution is -2.42. The van der Waals surface area contributed by atoms with E-state index in [9.17, 15) is 17.6 Å². The number of likely N-dealkylation sites (tertiary alicyclic amines) is 1. The molecular weight excluding hydrogens is 324 g/mol. The number of para-hydroxylation sites is 1. The van der Waals surface area contributed by atoms with Gasteiger partial charge in [0.15, 0.2) is 0 Å². The summed E-state index contributed by atoms with van der Waals surface area (Å²) in [5.41, 5.74) is -0.297. The highest BCUT2D eigenvalue weighted by molar-refractivity contribution is 5.90. The smallest absolute Gasteiger partial charge is 0.356 e. The van der Waals surface area contributed by atoms with Crippen LogP contribution in [0.4, 0.5) is 23.4 Å². The molecule has 0 atom stereocenters. The molecule has 0 spiro atoms. The van der Waals surface area contributed by atoms with Crippen molar-refractivity contribution in [1.82, 2.24) is 14.9 Å².